The monoisotopic (exact) mass is 235 g/mol. The third kappa shape index (κ3) is 3.28. The quantitative estimate of drug-likeness (QED) is 0.780. The topological polar surface area (TPSA) is 47.6 Å². The SMILES string of the molecule is CO[C@@H]1CN[C@H](COc2ccc(C=O)cc2)C1. The zero-order valence-electron chi connectivity index (χ0n) is 9.89. The molecule has 0 aliphatic carbocycles. The van der Waals surface area contributed by atoms with Gasteiger partial charge < -0.3 is 14.8 Å². The Kier molecular flexibility index (Phi) is 4.12. The van der Waals surface area contributed by atoms with Crippen LogP contribution < -0.4 is 10.1 Å². The highest BCUT2D eigenvalue weighted by molar-refractivity contribution is 5.74. The number of hydrogen-bond acceptors (Lipinski definition) is 4. The van der Waals surface area contributed by atoms with Gasteiger partial charge in [-0.3, -0.25) is 4.79 Å². The number of carbonyl (C=O) groups excluding carboxylic acids is 1. The van der Waals surface area contributed by atoms with E-state index in [4.69, 9.17) is 9.47 Å². The van der Waals surface area contributed by atoms with Crippen LogP contribution in [0.2, 0.25) is 0 Å². The number of methoxy groups -OCH3 is 1. The zero-order chi connectivity index (χ0) is 12.1. The molecule has 1 fully saturated rings. The third-order valence-corrected chi connectivity index (χ3v) is 2.98. The number of ether oxygens (including phenoxy) is 2. The minimum atomic E-state index is 0.293. The van der Waals surface area contributed by atoms with Gasteiger partial charge in [0.05, 0.1) is 6.10 Å². The molecule has 0 unspecified atom stereocenters. The molecule has 1 N–H and O–H groups in total. The van der Waals surface area contributed by atoms with Crippen LogP contribution in [-0.2, 0) is 4.74 Å². The Morgan fingerprint density at radius 2 is 2.18 bits per heavy atom. The van der Waals surface area contributed by atoms with Gasteiger partial charge in [0.25, 0.3) is 0 Å². The van der Waals surface area contributed by atoms with Crippen molar-refractivity contribution in [3.8, 4) is 5.75 Å². The summed E-state index contributed by atoms with van der Waals surface area (Å²) in [5, 5.41) is 3.34. The molecule has 1 heterocycles. The predicted molar refractivity (Wildman–Crippen MR) is 64.5 cm³/mol. The summed E-state index contributed by atoms with van der Waals surface area (Å²) in [4.78, 5) is 10.5. The summed E-state index contributed by atoms with van der Waals surface area (Å²) < 4.78 is 10.9. The maximum atomic E-state index is 10.5. The molecule has 0 spiro atoms. The van der Waals surface area contributed by atoms with E-state index < -0.39 is 0 Å². The van der Waals surface area contributed by atoms with Gasteiger partial charge in [-0.05, 0) is 30.7 Å². The largest absolute Gasteiger partial charge is 0.492 e. The minimum Gasteiger partial charge on any atom is -0.492 e. The van der Waals surface area contributed by atoms with E-state index in [0.29, 0.717) is 24.3 Å². The van der Waals surface area contributed by atoms with Crippen molar-refractivity contribution >= 4 is 6.29 Å². The fourth-order valence-electron chi connectivity index (χ4n) is 1.93. The summed E-state index contributed by atoms with van der Waals surface area (Å²) in [6.45, 7) is 1.51. The first kappa shape index (κ1) is 12.1. The van der Waals surface area contributed by atoms with Crippen LogP contribution in [0.1, 0.15) is 16.8 Å². The summed E-state index contributed by atoms with van der Waals surface area (Å²) >= 11 is 0. The van der Waals surface area contributed by atoms with Crippen LogP contribution >= 0.6 is 0 Å². The number of hydrogen-bond donors (Lipinski definition) is 1. The Hall–Kier alpha value is -1.39. The molecule has 0 saturated carbocycles. The molecule has 2 rings (SSSR count). The van der Waals surface area contributed by atoms with Crippen LogP contribution in [0.25, 0.3) is 0 Å². The average molecular weight is 235 g/mol. The lowest BCUT2D eigenvalue weighted by Gasteiger charge is -2.12. The maximum absolute atomic E-state index is 10.5. The summed E-state index contributed by atoms with van der Waals surface area (Å²) in [6, 6.07) is 7.47. The van der Waals surface area contributed by atoms with Gasteiger partial charge in [-0.15, -0.1) is 0 Å². The van der Waals surface area contributed by atoms with Crippen LogP contribution in [0.3, 0.4) is 0 Å². The highest BCUT2D eigenvalue weighted by Gasteiger charge is 2.23. The number of benzene rings is 1. The first-order valence-electron chi connectivity index (χ1n) is 5.76. The lowest BCUT2D eigenvalue weighted by Crippen LogP contribution is -2.28. The van der Waals surface area contributed by atoms with E-state index in [2.05, 4.69) is 5.32 Å². The molecule has 0 bridgehead atoms. The van der Waals surface area contributed by atoms with Crippen molar-refractivity contribution in [3.05, 3.63) is 29.8 Å². The van der Waals surface area contributed by atoms with Crippen LogP contribution in [0, 0.1) is 0 Å². The highest BCUT2D eigenvalue weighted by Crippen LogP contribution is 2.14. The molecule has 0 radical (unpaired) electrons. The molecular weight excluding hydrogens is 218 g/mol. The fourth-order valence-corrected chi connectivity index (χ4v) is 1.93. The van der Waals surface area contributed by atoms with Crippen molar-refractivity contribution in [2.45, 2.75) is 18.6 Å². The van der Waals surface area contributed by atoms with E-state index in [1.165, 1.54) is 0 Å². The molecule has 1 aromatic rings. The van der Waals surface area contributed by atoms with E-state index in [-0.39, 0.29) is 0 Å². The third-order valence-electron chi connectivity index (χ3n) is 2.98. The van der Waals surface area contributed by atoms with Crippen molar-refractivity contribution in [1.82, 2.24) is 5.32 Å². The smallest absolute Gasteiger partial charge is 0.150 e. The van der Waals surface area contributed by atoms with Gasteiger partial charge in [-0.25, -0.2) is 0 Å². The summed E-state index contributed by atoms with van der Waals surface area (Å²) in [5.41, 5.74) is 0.663. The van der Waals surface area contributed by atoms with E-state index >= 15 is 0 Å². The van der Waals surface area contributed by atoms with Crippen LogP contribution in [0.4, 0.5) is 0 Å². The minimum absolute atomic E-state index is 0.293. The first-order valence-corrected chi connectivity index (χ1v) is 5.76. The molecule has 4 nitrogen and oxygen atoms in total. The lowest BCUT2D eigenvalue weighted by atomic mass is 10.2. The van der Waals surface area contributed by atoms with Gasteiger partial charge in [-0.1, -0.05) is 0 Å². The molecule has 2 atom stereocenters. The second kappa shape index (κ2) is 5.80. The number of rotatable bonds is 5. The normalized spacial score (nSPS) is 23.6. The highest BCUT2D eigenvalue weighted by atomic mass is 16.5. The molecule has 1 aliphatic rings. The Labute approximate surface area is 101 Å². The average Bonchev–Trinajstić information content (AvgIpc) is 2.85. The number of aldehydes is 1. The Morgan fingerprint density at radius 1 is 1.41 bits per heavy atom. The fraction of sp³-hybridized carbons (Fsp3) is 0.462. The second-order valence-corrected chi connectivity index (χ2v) is 4.20. The summed E-state index contributed by atoms with van der Waals surface area (Å²) in [5.74, 6) is 0.790. The molecule has 17 heavy (non-hydrogen) atoms. The maximum Gasteiger partial charge on any atom is 0.150 e. The molecule has 0 amide bonds. The predicted octanol–water partition coefficient (Wildman–Crippen LogP) is 1.25. The van der Waals surface area contributed by atoms with Crippen molar-refractivity contribution in [3.63, 3.8) is 0 Å². The Balaban J connectivity index is 1.79. The zero-order valence-corrected chi connectivity index (χ0v) is 9.89. The van der Waals surface area contributed by atoms with Gasteiger partial charge in [0.1, 0.15) is 18.6 Å². The molecule has 92 valence electrons. The van der Waals surface area contributed by atoms with Crippen LogP contribution in [-0.4, -0.2) is 38.7 Å². The standard InChI is InChI=1S/C13H17NO3/c1-16-13-6-11(14-7-13)9-17-12-4-2-10(8-15)3-5-12/h2-5,8,11,13-14H,6-7,9H2,1H3/t11-,13-/m0/s1. The first-order chi connectivity index (χ1) is 8.31. The summed E-state index contributed by atoms with van der Waals surface area (Å²) in [6.07, 6.45) is 2.09. The molecular formula is C13H17NO3. The molecule has 1 aromatic carbocycles. The van der Waals surface area contributed by atoms with Gasteiger partial charge in [0.2, 0.25) is 0 Å². The molecule has 1 aliphatic heterocycles. The van der Waals surface area contributed by atoms with Crippen molar-refractivity contribution in [2.75, 3.05) is 20.3 Å². The van der Waals surface area contributed by atoms with Crippen molar-refractivity contribution < 1.29 is 14.3 Å². The molecule has 0 aromatic heterocycles. The lowest BCUT2D eigenvalue weighted by molar-refractivity contribution is 0.112. The molecule has 1 saturated heterocycles. The van der Waals surface area contributed by atoms with Gasteiger partial charge >= 0.3 is 0 Å². The van der Waals surface area contributed by atoms with Gasteiger partial charge in [0, 0.05) is 25.3 Å². The van der Waals surface area contributed by atoms with E-state index in [1.54, 1.807) is 19.2 Å². The van der Waals surface area contributed by atoms with Gasteiger partial charge in [-0.2, -0.15) is 0 Å². The molecule has 4 heteroatoms. The number of nitrogens with one attached hydrogen (secondary N) is 1. The Morgan fingerprint density at radius 3 is 2.76 bits per heavy atom. The van der Waals surface area contributed by atoms with Crippen molar-refractivity contribution in [2.24, 2.45) is 0 Å². The van der Waals surface area contributed by atoms with Crippen LogP contribution in [0.5, 0.6) is 5.75 Å². The van der Waals surface area contributed by atoms with E-state index in [9.17, 15) is 4.79 Å². The van der Waals surface area contributed by atoms with E-state index in [0.717, 1.165) is 25.0 Å². The van der Waals surface area contributed by atoms with E-state index in [1.807, 2.05) is 12.1 Å². The van der Waals surface area contributed by atoms with Crippen LogP contribution in [0.15, 0.2) is 24.3 Å². The summed E-state index contributed by atoms with van der Waals surface area (Å²) in [7, 11) is 1.73. The van der Waals surface area contributed by atoms with Crippen molar-refractivity contribution in [1.29, 1.82) is 0 Å². The Bertz CT molecular complexity index is 363. The number of carbonyl (C=O) groups is 1. The van der Waals surface area contributed by atoms with Gasteiger partial charge in [0.15, 0.2) is 0 Å². The second-order valence-electron chi connectivity index (χ2n) is 4.20.